The predicted octanol–water partition coefficient (Wildman–Crippen LogP) is 6.12. The lowest BCUT2D eigenvalue weighted by atomic mass is 10.0. The molecule has 6 rings (SSSR count). The van der Waals surface area contributed by atoms with E-state index in [1.807, 2.05) is 50.2 Å². The zero-order valence-corrected chi connectivity index (χ0v) is 30.6. The molecular formula is C32H42IN8O4P. The van der Waals surface area contributed by atoms with Gasteiger partial charge in [0, 0.05) is 58.5 Å². The Morgan fingerprint density at radius 1 is 1.09 bits per heavy atom. The van der Waals surface area contributed by atoms with Crippen LogP contribution in [-0.4, -0.2) is 89.5 Å². The number of piperidine rings is 1. The molecule has 1 amide bonds. The summed E-state index contributed by atoms with van der Waals surface area (Å²) >= 11 is 2.37. The van der Waals surface area contributed by atoms with Crippen LogP contribution in [0.25, 0.3) is 34.2 Å². The quantitative estimate of drug-likeness (QED) is 0.182. The summed E-state index contributed by atoms with van der Waals surface area (Å²) in [5, 5.41) is 15.4. The number of likely N-dealkylation sites (N-methyl/N-ethyl adjacent to an activating group) is 1. The number of amides is 1. The third-order valence-electron chi connectivity index (χ3n) is 8.24. The Morgan fingerprint density at radius 2 is 1.85 bits per heavy atom. The fourth-order valence-corrected chi connectivity index (χ4v) is 7.58. The van der Waals surface area contributed by atoms with E-state index in [0.717, 1.165) is 44.9 Å². The van der Waals surface area contributed by atoms with E-state index in [4.69, 9.17) is 24.4 Å². The summed E-state index contributed by atoms with van der Waals surface area (Å²) in [6.45, 7) is 10.2. The van der Waals surface area contributed by atoms with Gasteiger partial charge in [-0.3, -0.25) is 9.58 Å². The number of fused-ring (bicyclic) bond motifs is 4. The zero-order valence-electron chi connectivity index (χ0n) is 27.5. The Kier molecular flexibility index (Phi) is 9.37. The van der Waals surface area contributed by atoms with Gasteiger partial charge in [0.1, 0.15) is 17.8 Å². The Labute approximate surface area is 284 Å². The second-order valence-electron chi connectivity index (χ2n) is 13.1. The van der Waals surface area contributed by atoms with Crippen LogP contribution in [0.5, 0.6) is 11.8 Å². The van der Waals surface area contributed by atoms with Crippen LogP contribution >= 0.6 is 28.4 Å². The number of hydrogen-bond donors (Lipinski definition) is 0. The molecule has 0 aliphatic carbocycles. The predicted molar refractivity (Wildman–Crippen MR) is 190 cm³/mol. The molecule has 0 N–H and O–H groups in total. The first kappa shape index (κ1) is 32.8. The molecule has 46 heavy (non-hydrogen) atoms. The van der Waals surface area contributed by atoms with E-state index in [-0.39, 0.29) is 18.3 Å². The van der Waals surface area contributed by atoms with Crippen LogP contribution in [0, 0.1) is 0 Å². The molecular weight excluding hydrogens is 718 g/mol. The number of carbonyl (C=O) groups is 1. The highest BCUT2D eigenvalue weighted by atomic mass is 127. The number of aryl methyl sites for hydroxylation is 2. The van der Waals surface area contributed by atoms with Crippen molar-refractivity contribution < 1.29 is 19.0 Å². The average Bonchev–Trinajstić information content (AvgIpc) is 3.63. The van der Waals surface area contributed by atoms with Crippen LogP contribution in [0.4, 0.5) is 4.79 Å². The first-order valence-corrected chi connectivity index (χ1v) is 19.6. The van der Waals surface area contributed by atoms with Crippen LogP contribution in [-0.2, 0) is 25.4 Å². The first-order chi connectivity index (χ1) is 21.9. The van der Waals surface area contributed by atoms with Crippen molar-refractivity contribution in [3.63, 3.8) is 0 Å². The van der Waals surface area contributed by atoms with Gasteiger partial charge in [0.25, 0.3) is 0 Å². The molecule has 0 saturated carbocycles. The van der Waals surface area contributed by atoms with E-state index in [0.29, 0.717) is 51.3 Å². The molecule has 2 unspecified atom stereocenters. The smallest absolute Gasteiger partial charge is 0.410 e. The highest BCUT2D eigenvalue weighted by Gasteiger charge is 2.29. The number of benzene rings is 1. The van der Waals surface area contributed by atoms with E-state index in [2.05, 4.69) is 76.4 Å². The minimum Gasteiger partial charge on any atom is -0.473 e. The van der Waals surface area contributed by atoms with Crippen molar-refractivity contribution in [1.82, 2.24) is 38.9 Å². The van der Waals surface area contributed by atoms with Crippen LogP contribution in [0.2, 0.25) is 0 Å². The Morgan fingerprint density at radius 3 is 2.57 bits per heavy atom. The summed E-state index contributed by atoms with van der Waals surface area (Å²) in [4.78, 5) is 16.6. The van der Waals surface area contributed by atoms with Crippen molar-refractivity contribution in [3.05, 3.63) is 41.3 Å². The van der Waals surface area contributed by atoms with Gasteiger partial charge in [0.05, 0.1) is 40.6 Å². The van der Waals surface area contributed by atoms with E-state index in [9.17, 15) is 4.79 Å². The van der Waals surface area contributed by atoms with Crippen molar-refractivity contribution in [2.75, 3.05) is 26.7 Å². The highest BCUT2D eigenvalue weighted by molar-refractivity contribution is 14.2. The molecule has 2 bridgehead atoms. The average molecular weight is 761 g/mol. The largest absolute Gasteiger partial charge is 0.473 e. The minimum absolute atomic E-state index is 0.0659. The van der Waals surface area contributed by atoms with Gasteiger partial charge in [0.2, 0.25) is 11.8 Å². The van der Waals surface area contributed by atoms with Gasteiger partial charge in [0.15, 0.2) is 0 Å². The normalized spacial score (nSPS) is 19.1. The second-order valence-corrected chi connectivity index (χ2v) is 15.2. The number of nitrogens with zero attached hydrogens (tertiary/aromatic N) is 8. The number of carbonyl (C=O) groups excluding carboxylic acids is 1. The maximum absolute atomic E-state index is 12.6. The van der Waals surface area contributed by atoms with Gasteiger partial charge < -0.3 is 19.1 Å². The summed E-state index contributed by atoms with van der Waals surface area (Å²) in [7, 11) is 5.96. The molecule has 4 aromatic rings. The van der Waals surface area contributed by atoms with Crippen molar-refractivity contribution in [3.8, 4) is 22.9 Å². The lowest BCUT2D eigenvalue weighted by Crippen LogP contribution is -2.44. The molecule has 0 spiro atoms. The summed E-state index contributed by atoms with van der Waals surface area (Å²) in [6, 6.07) is 6.42. The highest BCUT2D eigenvalue weighted by Crippen LogP contribution is 2.37. The fourth-order valence-electron chi connectivity index (χ4n) is 6.04. The van der Waals surface area contributed by atoms with Gasteiger partial charge >= 0.3 is 6.09 Å². The summed E-state index contributed by atoms with van der Waals surface area (Å²) in [5.41, 5.74) is 5.36. The number of hydrogen-bond acceptors (Lipinski definition) is 8. The maximum Gasteiger partial charge on any atom is 0.410 e. The van der Waals surface area contributed by atoms with Gasteiger partial charge in [-0.1, -0.05) is 6.07 Å². The van der Waals surface area contributed by atoms with Crippen LogP contribution in [0.1, 0.15) is 57.5 Å². The molecule has 2 atom stereocenters. The minimum atomic E-state index is -0.522. The molecule has 14 heteroatoms. The molecule has 2 aliphatic rings. The van der Waals surface area contributed by atoms with E-state index < -0.39 is 5.60 Å². The number of likely N-dealkylation sites (tertiary alicyclic amines) is 1. The summed E-state index contributed by atoms with van der Waals surface area (Å²) in [6.07, 6.45) is 7.45. The SMILES string of the molecule is CC1CN(C)Cc2c(c(OC3CCN(C(=O)OC(C)(C)C)CC3)nn2C)/C=C/c2nn(PI)c3ccc(cc23)-c2cnn(C)c2O1. The number of aromatic nitrogens is 6. The van der Waals surface area contributed by atoms with Crippen molar-refractivity contribution >= 4 is 57.6 Å². The molecule has 1 saturated heterocycles. The van der Waals surface area contributed by atoms with Crippen LogP contribution < -0.4 is 9.47 Å². The molecule has 1 aromatic carbocycles. The van der Waals surface area contributed by atoms with Crippen molar-refractivity contribution in [1.29, 1.82) is 0 Å². The number of halogens is 1. The first-order valence-electron chi connectivity index (χ1n) is 15.6. The molecule has 2 aliphatic heterocycles. The van der Waals surface area contributed by atoms with Gasteiger partial charge in [-0.25, -0.2) is 13.9 Å². The Bertz CT molecular complexity index is 1770. The van der Waals surface area contributed by atoms with Crippen LogP contribution in [0.15, 0.2) is 24.4 Å². The lowest BCUT2D eigenvalue weighted by molar-refractivity contribution is 0.0122. The van der Waals surface area contributed by atoms with E-state index in [1.54, 1.807) is 9.58 Å². The van der Waals surface area contributed by atoms with Crippen molar-refractivity contribution in [2.24, 2.45) is 14.1 Å². The standard InChI is InChI=1S/C32H42IN8O4P/c1-20-18-37(5)19-28-23(29(36-38(28)6)44-22-12-14-40(15-13-22)31(42)45-32(2,3)4)9-10-26-24-16-21(8-11-27(24)41(35-26)46-33)25-17-34-39(7)30(25)43-20/h8-11,16-17,20,22,46H,12-15,18-19H2,1-7H3/b10-9+. The van der Waals surface area contributed by atoms with Crippen LogP contribution in [0.3, 0.4) is 0 Å². The third-order valence-corrected chi connectivity index (χ3v) is 10.1. The van der Waals surface area contributed by atoms with E-state index in [1.165, 1.54) is 0 Å². The summed E-state index contributed by atoms with van der Waals surface area (Å²) in [5.74, 6) is 1.33. The lowest BCUT2D eigenvalue weighted by Gasteiger charge is -2.33. The summed E-state index contributed by atoms with van der Waals surface area (Å²) < 4.78 is 24.4. The monoisotopic (exact) mass is 760 g/mol. The zero-order chi connectivity index (χ0) is 32.7. The second kappa shape index (κ2) is 13.2. The maximum atomic E-state index is 12.6. The number of rotatable bonds is 3. The Balaban J connectivity index is 1.35. The van der Waals surface area contributed by atoms with E-state index >= 15 is 0 Å². The molecule has 5 heterocycles. The van der Waals surface area contributed by atoms with Gasteiger partial charge in [-0.05, 0) is 86.6 Å². The fraction of sp³-hybridized carbons (Fsp3) is 0.500. The third kappa shape index (κ3) is 6.91. The van der Waals surface area contributed by atoms with Gasteiger partial charge in [-0.2, -0.15) is 10.2 Å². The molecule has 1 fully saturated rings. The number of ether oxygens (including phenoxy) is 3. The molecule has 0 radical (unpaired) electrons. The molecule has 246 valence electrons. The Hall–Kier alpha value is -3.16. The molecule has 12 nitrogen and oxygen atoms in total. The van der Waals surface area contributed by atoms with Gasteiger partial charge in [-0.15, -0.1) is 5.10 Å². The molecule has 3 aromatic heterocycles. The topological polar surface area (TPSA) is 105 Å². The van der Waals surface area contributed by atoms with Crippen molar-refractivity contribution in [2.45, 2.75) is 64.9 Å².